The summed E-state index contributed by atoms with van der Waals surface area (Å²) in [7, 11) is 0. The minimum Gasteiger partial charge on any atom is -0.457 e. The van der Waals surface area contributed by atoms with Crippen molar-refractivity contribution in [2.75, 3.05) is 6.61 Å². The lowest BCUT2D eigenvalue weighted by Crippen LogP contribution is -2.40. The number of benzene rings is 2. The van der Waals surface area contributed by atoms with Gasteiger partial charge in [-0.2, -0.15) is 0 Å². The second kappa shape index (κ2) is 9.97. The van der Waals surface area contributed by atoms with E-state index in [2.05, 4.69) is 5.32 Å². The SMILES string of the molecule is CC(NCc1cc2ccc(Oc3ccccc3)cc2n(CC2CCCCO2)c1=O)C(N)=O. The summed E-state index contributed by atoms with van der Waals surface area (Å²) in [5, 5.41) is 3.96. The summed E-state index contributed by atoms with van der Waals surface area (Å²) in [6, 6.07) is 16.6. The summed E-state index contributed by atoms with van der Waals surface area (Å²) < 4.78 is 13.7. The third kappa shape index (κ3) is 5.18. The molecule has 1 saturated heterocycles. The molecule has 0 radical (unpaired) electrons. The van der Waals surface area contributed by atoms with Gasteiger partial charge in [0.2, 0.25) is 5.91 Å². The van der Waals surface area contributed by atoms with Crippen molar-refractivity contribution >= 4 is 16.8 Å². The van der Waals surface area contributed by atoms with Gasteiger partial charge in [0.15, 0.2) is 0 Å². The molecule has 32 heavy (non-hydrogen) atoms. The molecule has 2 heterocycles. The van der Waals surface area contributed by atoms with Crippen molar-refractivity contribution in [1.29, 1.82) is 0 Å². The van der Waals surface area contributed by atoms with Gasteiger partial charge < -0.3 is 25.1 Å². The second-order valence-corrected chi connectivity index (χ2v) is 8.21. The van der Waals surface area contributed by atoms with Crippen LogP contribution >= 0.6 is 0 Å². The first-order chi connectivity index (χ1) is 15.5. The number of amides is 1. The summed E-state index contributed by atoms with van der Waals surface area (Å²) in [5.41, 5.74) is 6.62. The number of aromatic nitrogens is 1. The van der Waals surface area contributed by atoms with Crippen LogP contribution in [0.1, 0.15) is 31.7 Å². The van der Waals surface area contributed by atoms with Crippen molar-refractivity contribution < 1.29 is 14.3 Å². The lowest BCUT2D eigenvalue weighted by Gasteiger charge is -2.24. The maximum Gasteiger partial charge on any atom is 0.255 e. The number of hydrogen-bond donors (Lipinski definition) is 2. The van der Waals surface area contributed by atoms with Crippen LogP contribution in [0.2, 0.25) is 0 Å². The molecule has 3 aromatic rings. The number of hydrogen-bond acceptors (Lipinski definition) is 5. The summed E-state index contributed by atoms with van der Waals surface area (Å²) in [6.07, 6.45) is 3.07. The summed E-state index contributed by atoms with van der Waals surface area (Å²) in [6.45, 7) is 3.14. The quantitative estimate of drug-likeness (QED) is 0.566. The van der Waals surface area contributed by atoms with E-state index >= 15 is 0 Å². The number of pyridine rings is 1. The van der Waals surface area contributed by atoms with Crippen LogP contribution in [0.25, 0.3) is 10.9 Å². The van der Waals surface area contributed by atoms with E-state index in [1.165, 1.54) is 0 Å². The molecule has 1 aliphatic heterocycles. The Morgan fingerprint density at radius 1 is 1.19 bits per heavy atom. The van der Waals surface area contributed by atoms with Gasteiger partial charge in [0.25, 0.3) is 5.56 Å². The molecule has 0 saturated carbocycles. The number of rotatable bonds is 8. The van der Waals surface area contributed by atoms with Crippen LogP contribution in [0.4, 0.5) is 0 Å². The van der Waals surface area contributed by atoms with Crippen LogP contribution in [0.3, 0.4) is 0 Å². The average molecular weight is 436 g/mol. The number of nitrogens with two attached hydrogens (primary N) is 1. The van der Waals surface area contributed by atoms with Gasteiger partial charge in [-0.25, -0.2) is 0 Å². The average Bonchev–Trinajstić information content (AvgIpc) is 2.81. The van der Waals surface area contributed by atoms with Crippen LogP contribution in [0, 0.1) is 0 Å². The second-order valence-electron chi connectivity index (χ2n) is 8.21. The van der Waals surface area contributed by atoms with Gasteiger partial charge in [0.05, 0.1) is 24.2 Å². The van der Waals surface area contributed by atoms with E-state index in [4.69, 9.17) is 15.2 Å². The Balaban J connectivity index is 1.71. The van der Waals surface area contributed by atoms with Crippen molar-refractivity contribution in [1.82, 2.24) is 9.88 Å². The van der Waals surface area contributed by atoms with Crippen LogP contribution in [-0.2, 0) is 22.6 Å². The number of ether oxygens (including phenoxy) is 2. The molecule has 4 rings (SSSR count). The number of carbonyl (C=O) groups is 1. The maximum absolute atomic E-state index is 13.4. The molecule has 168 valence electrons. The van der Waals surface area contributed by atoms with Crippen LogP contribution in [0.5, 0.6) is 11.5 Å². The number of nitrogens with zero attached hydrogens (tertiary/aromatic N) is 1. The van der Waals surface area contributed by atoms with Crippen molar-refractivity contribution in [2.24, 2.45) is 5.73 Å². The number of para-hydroxylation sites is 1. The molecule has 1 amide bonds. The third-order valence-corrected chi connectivity index (χ3v) is 5.81. The van der Waals surface area contributed by atoms with Crippen molar-refractivity contribution in [2.45, 2.75) is 51.4 Å². The Labute approximate surface area is 187 Å². The largest absolute Gasteiger partial charge is 0.457 e. The molecule has 0 bridgehead atoms. The van der Waals surface area contributed by atoms with Crippen molar-refractivity contribution in [3.8, 4) is 11.5 Å². The number of fused-ring (bicyclic) bond motifs is 1. The zero-order chi connectivity index (χ0) is 22.5. The first-order valence-corrected chi connectivity index (χ1v) is 11.0. The maximum atomic E-state index is 13.4. The van der Waals surface area contributed by atoms with E-state index in [0.717, 1.165) is 42.5 Å². The lowest BCUT2D eigenvalue weighted by molar-refractivity contribution is -0.119. The van der Waals surface area contributed by atoms with Gasteiger partial charge in [-0.15, -0.1) is 0 Å². The fourth-order valence-corrected chi connectivity index (χ4v) is 3.93. The van der Waals surface area contributed by atoms with Crippen LogP contribution < -0.4 is 21.3 Å². The molecule has 1 aliphatic rings. The molecule has 2 aromatic carbocycles. The molecule has 2 atom stereocenters. The highest BCUT2D eigenvalue weighted by molar-refractivity contribution is 5.81. The molecule has 0 aliphatic carbocycles. The van der Waals surface area contributed by atoms with Crippen LogP contribution in [0.15, 0.2) is 59.4 Å². The van der Waals surface area contributed by atoms with E-state index in [9.17, 15) is 9.59 Å². The number of nitrogens with one attached hydrogen (secondary N) is 1. The topological polar surface area (TPSA) is 95.6 Å². The molecule has 7 heteroatoms. The highest BCUT2D eigenvalue weighted by Crippen LogP contribution is 2.26. The zero-order valence-electron chi connectivity index (χ0n) is 18.3. The molecule has 1 aromatic heterocycles. The first-order valence-electron chi connectivity index (χ1n) is 11.0. The summed E-state index contributed by atoms with van der Waals surface area (Å²) in [5.74, 6) is 0.941. The molecule has 2 unspecified atom stereocenters. The Bertz CT molecular complexity index is 1140. The Kier molecular flexibility index (Phi) is 6.87. The monoisotopic (exact) mass is 435 g/mol. The Morgan fingerprint density at radius 3 is 2.72 bits per heavy atom. The third-order valence-electron chi connectivity index (χ3n) is 5.81. The highest BCUT2D eigenvalue weighted by atomic mass is 16.5. The van der Waals surface area contributed by atoms with Gasteiger partial charge in [0.1, 0.15) is 11.5 Å². The number of carbonyl (C=O) groups excluding carboxylic acids is 1. The summed E-state index contributed by atoms with van der Waals surface area (Å²) >= 11 is 0. The molecule has 7 nitrogen and oxygen atoms in total. The van der Waals surface area contributed by atoms with E-state index < -0.39 is 11.9 Å². The highest BCUT2D eigenvalue weighted by Gasteiger charge is 2.19. The Hall–Kier alpha value is -3.16. The van der Waals surface area contributed by atoms with E-state index in [1.54, 1.807) is 11.5 Å². The van der Waals surface area contributed by atoms with E-state index in [0.29, 0.717) is 17.9 Å². The molecular weight excluding hydrogens is 406 g/mol. The van der Waals surface area contributed by atoms with Crippen molar-refractivity contribution in [3.05, 3.63) is 70.5 Å². The zero-order valence-corrected chi connectivity index (χ0v) is 18.3. The summed E-state index contributed by atoms with van der Waals surface area (Å²) in [4.78, 5) is 24.8. The lowest BCUT2D eigenvalue weighted by atomic mass is 10.1. The fraction of sp³-hybridized carbons (Fsp3) is 0.360. The van der Waals surface area contributed by atoms with E-state index in [-0.39, 0.29) is 18.2 Å². The molecule has 3 N–H and O–H groups in total. The van der Waals surface area contributed by atoms with E-state index in [1.807, 2.05) is 54.6 Å². The molecular formula is C25H29N3O4. The van der Waals surface area contributed by atoms with Crippen molar-refractivity contribution in [3.63, 3.8) is 0 Å². The van der Waals surface area contributed by atoms with Gasteiger partial charge in [-0.1, -0.05) is 18.2 Å². The fourth-order valence-electron chi connectivity index (χ4n) is 3.93. The van der Waals surface area contributed by atoms with Crippen LogP contribution in [-0.4, -0.2) is 29.2 Å². The van der Waals surface area contributed by atoms with Gasteiger partial charge in [-0.05, 0) is 61.9 Å². The first kappa shape index (κ1) is 22.0. The standard InChI is InChI=1S/C25H29N3O4/c1-17(24(26)29)27-15-19-13-18-10-11-21(32-20-7-3-2-4-8-20)14-23(18)28(25(19)30)16-22-9-5-6-12-31-22/h2-4,7-8,10-11,13-14,17,22,27H,5-6,9,12,15-16H2,1H3,(H2,26,29). The minimum atomic E-state index is -0.526. The van der Waals surface area contributed by atoms with Gasteiger partial charge in [0, 0.05) is 24.8 Å². The minimum absolute atomic E-state index is 0.00361. The van der Waals surface area contributed by atoms with Gasteiger partial charge >= 0.3 is 0 Å². The predicted molar refractivity (Wildman–Crippen MR) is 124 cm³/mol. The number of primary amides is 1. The Morgan fingerprint density at radius 2 is 2.00 bits per heavy atom. The van der Waals surface area contributed by atoms with Gasteiger partial charge in [-0.3, -0.25) is 9.59 Å². The normalized spacial score (nSPS) is 17.2. The molecule has 1 fully saturated rings. The molecule has 0 spiro atoms. The predicted octanol–water partition coefficient (Wildman–Crippen LogP) is 3.33. The smallest absolute Gasteiger partial charge is 0.255 e.